The molecule has 5 rings (SSSR count). The highest BCUT2D eigenvalue weighted by Crippen LogP contribution is 2.44. The number of hydrogen-bond donors (Lipinski definition) is 0. The second kappa shape index (κ2) is 7.09. The van der Waals surface area contributed by atoms with Crippen LogP contribution in [0.25, 0.3) is 10.2 Å². The molecule has 1 saturated heterocycles. The van der Waals surface area contributed by atoms with E-state index in [4.69, 9.17) is 14.7 Å². The molecule has 1 aliphatic heterocycles. The van der Waals surface area contributed by atoms with E-state index in [1.807, 2.05) is 16.2 Å². The molecule has 26 heavy (non-hydrogen) atoms. The monoisotopic (exact) mass is 389 g/mol. The third-order valence-corrected chi connectivity index (χ3v) is 7.58. The Morgan fingerprint density at radius 3 is 2.81 bits per heavy atom. The van der Waals surface area contributed by atoms with Gasteiger partial charge < -0.3 is 9.64 Å². The molecule has 2 aromatic heterocycles. The highest BCUT2D eigenvalue weighted by atomic mass is 32.2. The molecule has 0 aromatic carbocycles. The third kappa shape index (κ3) is 3.25. The summed E-state index contributed by atoms with van der Waals surface area (Å²) in [7, 11) is 0. The number of thiophene rings is 1. The number of fused-ring (bicyclic) bond motifs is 3. The van der Waals surface area contributed by atoms with Crippen molar-refractivity contribution in [2.75, 3.05) is 32.1 Å². The van der Waals surface area contributed by atoms with Gasteiger partial charge in [-0.2, -0.15) is 0 Å². The number of ether oxygens (including phenoxy) is 1. The van der Waals surface area contributed by atoms with Crippen LogP contribution in [-0.4, -0.2) is 52.8 Å². The molecule has 3 heterocycles. The van der Waals surface area contributed by atoms with E-state index in [1.165, 1.54) is 47.9 Å². The number of morpholine rings is 1. The van der Waals surface area contributed by atoms with Gasteiger partial charge >= 0.3 is 0 Å². The molecule has 7 heteroatoms. The van der Waals surface area contributed by atoms with Gasteiger partial charge in [0.2, 0.25) is 5.91 Å². The molecule has 1 saturated carbocycles. The zero-order valence-corrected chi connectivity index (χ0v) is 16.5. The lowest BCUT2D eigenvalue weighted by molar-refractivity contribution is -0.132. The highest BCUT2D eigenvalue weighted by molar-refractivity contribution is 8.00. The van der Waals surface area contributed by atoms with Gasteiger partial charge in [0.15, 0.2) is 0 Å². The number of carbonyl (C=O) groups excluding carboxylic acids is 1. The van der Waals surface area contributed by atoms with Crippen LogP contribution < -0.4 is 0 Å². The van der Waals surface area contributed by atoms with Crippen molar-refractivity contribution in [2.45, 2.75) is 49.5 Å². The number of hydrogen-bond acceptors (Lipinski definition) is 6. The van der Waals surface area contributed by atoms with Gasteiger partial charge in [-0.15, -0.1) is 11.3 Å². The number of aryl methyl sites for hydroxylation is 2. The van der Waals surface area contributed by atoms with Crippen molar-refractivity contribution in [1.29, 1.82) is 0 Å². The summed E-state index contributed by atoms with van der Waals surface area (Å²) in [6, 6.07) is 0. The first kappa shape index (κ1) is 17.0. The van der Waals surface area contributed by atoms with Crippen LogP contribution in [0, 0.1) is 0 Å². The Kier molecular flexibility index (Phi) is 4.63. The smallest absolute Gasteiger partial charge is 0.233 e. The Bertz CT molecular complexity index is 841. The number of nitrogens with zero attached hydrogens (tertiary/aromatic N) is 3. The lowest BCUT2D eigenvalue weighted by atomic mass is 9.97. The van der Waals surface area contributed by atoms with Gasteiger partial charge in [-0.3, -0.25) is 4.79 Å². The van der Waals surface area contributed by atoms with E-state index in [1.54, 1.807) is 11.8 Å². The average molecular weight is 390 g/mol. The van der Waals surface area contributed by atoms with Crippen molar-refractivity contribution < 1.29 is 9.53 Å². The number of carbonyl (C=O) groups is 1. The molecule has 2 fully saturated rings. The molecule has 2 aromatic rings. The van der Waals surface area contributed by atoms with Gasteiger partial charge in [-0.05, 0) is 44.1 Å². The summed E-state index contributed by atoms with van der Waals surface area (Å²) >= 11 is 3.47. The molecule has 1 amide bonds. The summed E-state index contributed by atoms with van der Waals surface area (Å²) in [4.78, 5) is 27.0. The van der Waals surface area contributed by atoms with Crippen molar-refractivity contribution in [3.63, 3.8) is 0 Å². The van der Waals surface area contributed by atoms with Gasteiger partial charge in [0.05, 0.1) is 19.0 Å². The van der Waals surface area contributed by atoms with Crippen molar-refractivity contribution in [3.8, 4) is 0 Å². The van der Waals surface area contributed by atoms with E-state index in [-0.39, 0.29) is 5.91 Å². The standard InChI is InChI=1S/C19H23N3O2S2/c23-15(22-7-9-24-10-8-22)11-25-18-16-13-3-1-2-4-14(13)26-19(16)21-17(20-18)12-5-6-12/h12H,1-11H2. The van der Waals surface area contributed by atoms with E-state index in [0.29, 0.717) is 38.0 Å². The van der Waals surface area contributed by atoms with Crippen LogP contribution in [0.5, 0.6) is 0 Å². The maximum Gasteiger partial charge on any atom is 0.233 e. The fourth-order valence-electron chi connectivity index (χ4n) is 3.80. The summed E-state index contributed by atoms with van der Waals surface area (Å²) < 4.78 is 5.35. The van der Waals surface area contributed by atoms with Gasteiger partial charge in [0.25, 0.3) is 0 Å². The largest absolute Gasteiger partial charge is 0.378 e. The minimum atomic E-state index is 0.196. The minimum absolute atomic E-state index is 0.196. The normalized spacial score (nSPS) is 20.4. The molecule has 0 unspecified atom stereocenters. The number of thioether (sulfide) groups is 1. The summed E-state index contributed by atoms with van der Waals surface area (Å²) in [5.41, 5.74) is 1.46. The fraction of sp³-hybridized carbons (Fsp3) is 0.632. The highest BCUT2D eigenvalue weighted by Gasteiger charge is 2.30. The first-order valence-corrected chi connectivity index (χ1v) is 11.4. The van der Waals surface area contributed by atoms with Crippen LogP contribution >= 0.6 is 23.1 Å². The van der Waals surface area contributed by atoms with Gasteiger partial charge in [-0.25, -0.2) is 9.97 Å². The fourth-order valence-corrected chi connectivity index (χ4v) is 6.10. The van der Waals surface area contributed by atoms with E-state index < -0.39 is 0 Å². The molecule has 3 aliphatic rings. The van der Waals surface area contributed by atoms with Crippen molar-refractivity contribution in [2.24, 2.45) is 0 Å². The molecular weight excluding hydrogens is 366 g/mol. The van der Waals surface area contributed by atoms with E-state index in [0.717, 1.165) is 22.1 Å². The summed E-state index contributed by atoms with van der Waals surface area (Å²) in [5, 5.41) is 2.28. The molecule has 5 nitrogen and oxygen atoms in total. The zero-order chi connectivity index (χ0) is 17.5. The number of rotatable bonds is 4. The molecule has 0 bridgehead atoms. The quantitative estimate of drug-likeness (QED) is 0.593. The lowest BCUT2D eigenvalue weighted by Crippen LogP contribution is -2.41. The van der Waals surface area contributed by atoms with Crippen LogP contribution in [0.15, 0.2) is 5.03 Å². The maximum absolute atomic E-state index is 12.6. The molecule has 0 atom stereocenters. The van der Waals surface area contributed by atoms with Crippen LogP contribution in [0.1, 0.15) is 47.9 Å². The summed E-state index contributed by atoms with van der Waals surface area (Å²) in [6.45, 7) is 2.72. The third-order valence-electron chi connectivity index (χ3n) is 5.44. The Balaban J connectivity index is 1.44. The van der Waals surface area contributed by atoms with Crippen LogP contribution in [0.4, 0.5) is 0 Å². The SMILES string of the molecule is O=C(CSc1nc(C2CC2)nc2sc3c(c12)CCCC3)N1CCOCC1. The van der Waals surface area contributed by atoms with Crippen LogP contribution in [0.2, 0.25) is 0 Å². The molecule has 0 radical (unpaired) electrons. The topological polar surface area (TPSA) is 55.3 Å². The van der Waals surface area contributed by atoms with E-state index in [9.17, 15) is 4.79 Å². The van der Waals surface area contributed by atoms with Crippen LogP contribution in [0.3, 0.4) is 0 Å². The predicted octanol–water partition coefficient (Wildman–Crippen LogP) is 3.40. The Morgan fingerprint density at radius 2 is 2.00 bits per heavy atom. The molecule has 2 aliphatic carbocycles. The second-order valence-electron chi connectivity index (χ2n) is 7.33. The van der Waals surface area contributed by atoms with Gasteiger partial charge in [-0.1, -0.05) is 11.8 Å². The second-order valence-corrected chi connectivity index (χ2v) is 9.38. The summed E-state index contributed by atoms with van der Waals surface area (Å²) in [5.74, 6) is 2.19. The molecule has 0 spiro atoms. The maximum atomic E-state index is 12.6. The van der Waals surface area contributed by atoms with Crippen molar-refractivity contribution in [3.05, 3.63) is 16.3 Å². The van der Waals surface area contributed by atoms with Crippen molar-refractivity contribution in [1.82, 2.24) is 14.9 Å². The van der Waals surface area contributed by atoms with Crippen LogP contribution in [-0.2, 0) is 22.4 Å². The first-order chi connectivity index (χ1) is 12.8. The lowest BCUT2D eigenvalue weighted by Gasteiger charge is -2.26. The minimum Gasteiger partial charge on any atom is -0.378 e. The molecule has 0 N–H and O–H groups in total. The number of amides is 1. The molecule has 138 valence electrons. The van der Waals surface area contributed by atoms with E-state index >= 15 is 0 Å². The average Bonchev–Trinajstić information content (AvgIpc) is 3.47. The zero-order valence-electron chi connectivity index (χ0n) is 14.8. The Morgan fingerprint density at radius 1 is 1.19 bits per heavy atom. The summed E-state index contributed by atoms with van der Waals surface area (Å²) in [6.07, 6.45) is 7.24. The molecular formula is C19H23N3O2S2. The van der Waals surface area contributed by atoms with E-state index in [2.05, 4.69) is 0 Å². The van der Waals surface area contributed by atoms with Gasteiger partial charge in [0.1, 0.15) is 15.7 Å². The van der Waals surface area contributed by atoms with Crippen molar-refractivity contribution >= 4 is 39.2 Å². The Labute approximate surface area is 161 Å². The number of aromatic nitrogens is 2. The first-order valence-electron chi connectivity index (χ1n) is 9.60. The van der Waals surface area contributed by atoms with Gasteiger partial charge in [0, 0.05) is 29.3 Å². The predicted molar refractivity (Wildman–Crippen MR) is 104 cm³/mol. The Hall–Kier alpha value is -1.18.